The van der Waals surface area contributed by atoms with Gasteiger partial charge in [-0.05, 0) is 13.0 Å². The minimum absolute atomic E-state index is 0.261. The second-order valence-electron chi connectivity index (χ2n) is 4.40. The predicted molar refractivity (Wildman–Crippen MR) is 62.9 cm³/mol. The number of nitrogens with one attached hydrogen (secondary N) is 1. The van der Waals surface area contributed by atoms with Crippen LogP contribution in [0.1, 0.15) is 13.8 Å². The van der Waals surface area contributed by atoms with Crippen molar-refractivity contribution in [2.24, 2.45) is 16.6 Å². The Morgan fingerprint density at radius 2 is 2.00 bits per heavy atom. The molecule has 0 amide bonds. The van der Waals surface area contributed by atoms with Crippen molar-refractivity contribution in [2.75, 3.05) is 33.2 Å². The van der Waals surface area contributed by atoms with Gasteiger partial charge in [0.05, 0.1) is 6.54 Å². The van der Waals surface area contributed by atoms with E-state index < -0.39 is 12.7 Å². The van der Waals surface area contributed by atoms with Crippen LogP contribution in [0, 0.1) is 5.92 Å². The summed E-state index contributed by atoms with van der Waals surface area (Å²) in [6.07, 6.45) is -4.16. The number of rotatable bonds is 6. The number of alkyl halides is 3. The van der Waals surface area contributed by atoms with E-state index in [1.165, 1.54) is 11.9 Å². The van der Waals surface area contributed by atoms with Crippen molar-refractivity contribution in [3.8, 4) is 0 Å². The van der Waals surface area contributed by atoms with Gasteiger partial charge in [-0.3, -0.25) is 9.89 Å². The van der Waals surface area contributed by atoms with Crippen LogP contribution in [0.2, 0.25) is 0 Å². The topological polar surface area (TPSA) is 53.6 Å². The second kappa shape index (κ2) is 7.37. The normalized spacial score (nSPS) is 13.5. The number of halogens is 3. The van der Waals surface area contributed by atoms with Crippen molar-refractivity contribution < 1.29 is 13.2 Å². The fourth-order valence-corrected chi connectivity index (χ4v) is 1.10. The summed E-state index contributed by atoms with van der Waals surface area (Å²) in [5.41, 5.74) is 5.53. The highest BCUT2D eigenvalue weighted by Crippen LogP contribution is 2.14. The lowest BCUT2D eigenvalue weighted by atomic mass is 10.2. The SMILES string of the molecule is CC(C)CN=C(N)NCCN(C)CC(F)(F)F. The first-order valence-electron chi connectivity index (χ1n) is 5.50. The molecule has 0 aliphatic heterocycles. The average molecular weight is 254 g/mol. The van der Waals surface area contributed by atoms with Gasteiger partial charge in [0.2, 0.25) is 0 Å². The van der Waals surface area contributed by atoms with E-state index in [2.05, 4.69) is 10.3 Å². The van der Waals surface area contributed by atoms with Crippen LogP contribution in [0.15, 0.2) is 4.99 Å². The second-order valence-corrected chi connectivity index (χ2v) is 4.40. The zero-order valence-corrected chi connectivity index (χ0v) is 10.5. The van der Waals surface area contributed by atoms with E-state index in [-0.39, 0.29) is 12.5 Å². The molecular weight excluding hydrogens is 233 g/mol. The van der Waals surface area contributed by atoms with Crippen LogP contribution in [0.5, 0.6) is 0 Å². The van der Waals surface area contributed by atoms with E-state index in [1.54, 1.807) is 0 Å². The van der Waals surface area contributed by atoms with Crippen LogP contribution in [0.4, 0.5) is 13.2 Å². The molecule has 0 aromatic rings. The first kappa shape index (κ1) is 16.0. The van der Waals surface area contributed by atoms with Gasteiger partial charge in [0, 0.05) is 19.6 Å². The van der Waals surface area contributed by atoms with Gasteiger partial charge in [0.15, 0.2) is 5.96 Å². The highest BCUT2D eigenvalue weighted by atomic mass is 19.4. The van der Waals surface area contributed by atoms with Crippen molar-refractivity contribution in [1.82, 2.24) is 10.2 Å². The predicted octanol–water partition coefficient (Wildman–Crippen LogP) is 1.04. The largest absolute Gasteiger partial charge is 0.401 e. The summed E-state index contributed by atoms with van der Waals surface area (Å²) in [6.45, 7) is 4.31. The number of hydrogen-bond donors (Lipinski definition) is 2. The molecule has 0 aliphatic carbocycles. The average Bonchev–Trinajstić information content (AvgIpc) is 2.11. The van der Waals surface area contributed by atoms with E-state index in [4.69, 9.17) is 5.73 Å². The molecule has 4 nitrogen and oxygen atoms in total. The third-order valence-electron chi connectivity index (χ3n) is 1.88. The number of guanidine groups is 1. The molecule has 0 heterocycles. The highest BCUT2D eigenvalue weighted by Gasteiger charge is 2.28. The molecule has 0 atom stereocenters. The Kier molecular flexibility index (Phi) is 6.94. The van der Waals surface area contributed by atoms with Crippen LogP contribution in [0.3, 0.4) is 0 Å². The van der Waals surface area contributed by atoms with Crippen LogP contribution in [-0.4, -0.2) is 50.3 Å². The van der Waals surface area contributed by atoms with Gasteiger partial charge in [-0.1, -0.05) is 13.8 Å². The zero-order chi connectivity index (χ0) is 13.5. The van der Waals surface area contributed by atoms with Gasteiger partial charge in [0.1, 0.15) is 0 Å². The molecule has 0 radical (unpaired) electrons. The molecular formula is C10H21F3N4. The number of aliphatic imine (C=N–C) groups is 1. The molecule has 0 unspecified atom stereocenters. The van der Waals surface area contributed by atoms with Crippen molar-refractivity contribution in [1.29, 1.82) is 0 Å². The maximum atomic E-state index is 12.0. The van der Waals surface area contributed by atoms with Crippen LogP contribution in [-0.2, 0) is 0 Å². The van der Waals surface area contributed by atoms with E-state index in [0.717, 1.165) is 0 Å². The van der Waals surface area contributed by atoms with Crippen molar-refractivity contribution in [3.63, 3.8) is 0 Å². The molecule has 0 aromatic carbocycles. The molecule has 0 bridgehead atoms. The molecule has 0 spiro atoms. The van der Waals surface area contributed by atoms with Gasteiger partial charge >= 0.3 is 6.18 Å². The summed E-state index contributed by atoms with van der Waals surface area (Å²) in [5.74, 6) is 0.683. The van der Waals surface area contributed by atoms with Gasteiger partial charge in [-0.2, -0.15) is 13.2 Å². The Morgan fingerprint density at radius 3 is 2.47 bits per heavy atom. The maximum Gasteiger partial charge on any atom is 0.401 e. The number of nitrogens with zero attached hydrogens (tertiary/aromatic N) is 2. The summed E-state index contributed by atoms with van der Waals surface area (Å²) in [4.78, 5) is 5.22. The van der Waals surface area contributed by atoms with Gasteiger partial charge < -0.3 is 11.1 Å². The number of hydrogen-bond acceptors (Lipinski definition) is 2. The smallest absolute Gasteiger partial charge is 0.370 e. The highest BCUT2D eigenvalue weighted by molar-refractivity contribution is 5.77. The van der Waals surface area contributed by atoms with Crippen LogP contribution < -0.4 is 11.1 Å². The zero-order valence-electron chi connectivity index (χ0n) is 10.5. The lowest BCUT2D eigenvalue weighted by Gasteiger charge is -2.18. The first-order valence-corrected chi connectivity index (χ1v) is 5.50. The van der Waals surface area contributed by atoms with Gasteiger partial charge in [-0.15, -0.1) is 0 Å². The summed E-state index contributed by atoms with van der Waals surface area (Å²) in [6, 6.07) is 0. The number of likely N-dealkylation sites (N-methyl/N-ethyl adjacent to an activating group) is 1. The summed E-state index contributed by atoms with van der Waals surface area (Å²) in [5, 5.41) is 2.77. The van der Waals surface area contributed by atoms with Crippen molar-refractivity contribution in [3.05, 3.63) is 0 Å². The molecule has 0 saturated carbocycles. The van der Waals surface area contributed by atoms with E-state index in [0.29, 0.717) is 19.0 Å². The Bertz CT molecular complexity index is 238. The molecule has 102 valence electrons. The van der Waals surface area contributed by atoms with Gasteiger partial charge in [-0.25, -0.2) is 0 Å². The molecule has 0 aliphatic rings. The standard InChI is InChI=1S/C10H21F3N4/c1-8(2)6-16-9(14)15-4-5-17(3)7-10(11,12)13/h8H,4-7H2,1-3H3,(H3,14,15,16). The molecule has 0 rings (SSSR count). The first-order chi connectivity index (χ1) is 7.70. The van der Waals surface area contributed by atoms with E-state index in [9.17, 15) is 13.2 Å². The fraction of sp³-hybridized carbons (Fsp3) is 0.900. The molecule has 3 N–H and O–H groups in total. The third-order valence-corrected chi connectivity index (χ3v) is 1.88. The quantitative estimate of drug-likeness (QED) is 0.550. The van der Waals surface area contributed by atoms with E-state index >= 15 is 0 Å². The van der Waals surface area contributed by atoms with E-state index in [1.807, 2.05) is 13.8 Å². The van der Waals surface area contributed by atoms with Crippen LogP contribution in [0.25, 0.3) is 0 Å². The van der Waals surface area contributed by atoms with Gasteiger partial charge in [0.25, 0.3) is 0 Å². The Balaban J connectivity index is 3.73. The van der Waals surface area contributed by atoms with Crippen molar-refractivity contribution in [2.45, 2.75) is 20.0 Å². The molecule has 7 heteroatoms. The Morgan fingerprint density at radius 1 is 1.41 bits per heavy atom. The summed E-state index contributed by atoms with van der Waals surface area (Å²) < 4.78 is 36.0. The maximum absolute atomic E-state index is 12.0. The van der Waals surface area contributed by atoms with Crippen molar-refractivity contribution >= 4 is 5.96 Å². The lowest BCUT2D eigenvalue weighted by Crippen LogP contribution is -2.40. The van der Waals surface area contributed by atoms with Crippen LogP contribution >= 0.6 is 0 Å². The third kappa shape index (κ3) is 11.3. The monoisotopic (exact) mass is 254 g/mol. The molecule has 0 saturated heterocycles. The Labute approximate surface area is 100 Å². The Hall–Kier alpha value is -0.980. The summed E-state index contributed by atoms with van der Waals surface area (Å²) >= 11 is 0. The lowest BCUT2D eigenvalue weighted by molar-refractivity contribution is -0.142. The minimum Gasteiger partial charge on any atom is -0.370 e. The minimum atomic E-state index is -4.16. The molecule has 0 fully saturated rings. The molecule has 17 heavy (non-hydrogen) atoms. The summed E-state index contributed by atoms with van der Waals surface area (Å²) in [7, 11) is 1.41. The molecule has 0 aromatic heterocycles. The number of nitrogens with two attached hydrogens (primary N) is 1. The fourth-order valence-electron chi connectivity index (χ4n) is 1.10.